The van der Waals surface area contributed by atoms with Crippen molar-refractivity contribution in [3.63, 3.8) is 0 Å². The number of hydrogen-bond donors (Lipinski definition) is 5. The number of aromatic carboxylic acids is 1. The lowest BCUT2D eigenvalue weighted by Gasteiger charge is -2.16. The number of carboxylic acid groups (broad SMARTS) is 1. The van der Waals surface area contributed by atoms with E-state index in [0.29, 0.717) is 11.4 Å². The quantitative estimate of drug-likeness (QED) is 0.0823. The van der Waals surface area contributed by atoms with Crippen LogP contribution in [0.15, 0.2) is 91.6 Å². The molecule has 0 fully saturated rings. The molecule has 57 heavy (non-hydrogen) atoms. The van der Waals surface area contributed by atoms with E-state index in [9.17, 15) is 49.5 Å². The maximum Gasteiger partial charge on any atom is 0.337 e. The van der Waals surface area contributed by atoms with Crippen molar-refractivity contribution in [3.8, 4) is 17.5 Å². The first-order chi connectivity index (χ1) is 26.6. The number of anilines is 1. The fraction of sp³-hybridized carbons (Fsp3) is 0.182. The van der Waals surface area contributed by atoms with Gasteiger partial charge in [-0.25, -0.2) is 22.9 Å². The van der Waals surface area contributed by atoms with E-state index in [4.69, 9.17) is 4.74 Å². The number of nitriles is 1. The van der Waals surface area contributed by atoms with Crippen molar-refractivity contribution in [3.05, 3.63) is 95.1 Å². The summed E-state index contributed by atoms with van der Waals surface area (Å²) in [6.07, 6.45) is 0. The molecule has 0 spiro atoms. The molecule has 0 unspecified atom stereocenters. The van der Waals surface area contributed by atoms with Crippen LogP contribution in [0.4, 0.5) is 17.2 Å². The Morgan fingerprint density at radius 3 is 2.25 bits per heavy atom. The number of fused-ring (bicyclic) bond motifs is 1. The van der Waals surface area contributed by atoms with Crippen molar-refractivity contribution in [2.75, 3.05) is 4.72 Å². The Kier molecular flexibility index (Phi) is 10.2. The van der Waals surface area contributed by atoms with Gasteiger partial charge in [-0.3, -0.25) is 18.9 Å². The molecule has 0 radical (unpaired) electrons. The van der Waals surface area contributed by atoms with Gasteiger partial charge in [-0.1, -0.05) is 32.9 Å². The minimum atomic E-state index is -5.01. The lowest BCUT2D eigenvalue weighted by atomic mass is 9.91. The predicted molar refractivity (Wildman–Crippen MR) is 198 cm³/mol. The summed E-state index contributed by atoms with van der Waals surface area (Å²) >= 11 is 0. The highest BCUT2D eigenvalue weighted by molar-refractivity contribution is 7.92. The average Bonchev–Trinajstić information content (AvgIpc) is 3.79. The van der Waals surface area contributed by atoms with E-state index in [1.807, 2.05) is 26.8 Å². The topological polar surface area (TPSA) is 314 Å². The molecule has 21 nitrogen and oxygen atoms in total. The second-order valence-corrected chi connectivity index (χ2v) is 17.6. The summed E-state index contributed by atoms with van der Waals surface area (Å²) < 4.78 is 104. The zero-order valence-corrected chi connectivity index (χ0v) is 32.4. The van der Waals surface area contributed by atoms with Gasteiger partial charge >= 0.3 is 5.97 Å². The minimum Gasteiger partial charge on any atom is -0.486 e. The first kappa shape index (κ1) is 40.2. The molecule has 3 heterocycles. The van der Waals surface area contributed by atoms with Crippen LogP contribution in [-0.4, -0.2) is 75.0 Å². The van der Waals surface area contributed by atoms with Gasteiger partial charge in [-0.2, -0.15) is 31.8 Å². The van der Waals surface area contributed by atoms with Crippen molar-refractivity contribution in [2.24, 2.45) is 10.2 Å². The highest BCUT2D eigenvalue weighted by Gasteiger charge is 2.29. The monoisotopic (exact) mass is 838 g/mol. The fourth-order valence-electron chi connectivity index (χ4n) is 5.44. The first-order valence-electron chi connectivity index (χ1n) is 16.2. The van der Waals surface area contributed by atoms with Crippen molar-refractivity contribution < 1.29 is 49.0 Å². The number of nitrogens with zero attached hydrogens (tertiary/aromatic N) is 8. The largest absolute Gasteiger partial charge is 0.486 e. The number of azo groups is 1. The molecule has 0 aliphatic carbocycles. The number of sulfonamides is 1. The van der Waals surface area contributed by atoms with Gasteiger partial charge < -0.3 is 9.84 Å². The fourth-order valence-corrected chi connectivity index (χ4v) is 7.84. The molecule has 0 bridgehead atoms. The van der Waals surface area contributed by atoms with Crippen molar-refractivity contribution in [2.45, 2.75) is 54.4 Å². The number of benzene rings is 3. The molecule has 3 aromatic heterocycles. The third-order valence-corrected chi connectivity index (χ3v) is 11.3. The third-order valence-electron chi connectivity index (χ3n) is 8.08. The molecule has 296 valence electrons. The van der Waals surface area contributed by atoms with E-state index in [1.54, 1.807) is 0 Å². The van der Waals surface area contributed by atoms with E-state index in [-0.39, 0.29) is 52.1 Å². The van der Waals surface area contributed by atoms with Gasteiger partial charge in [0.05, 0.1) is 27.5 Å². The summed E-state index contributed by atoms with van der Waals surface area (Å²) in [7, 11) is -14.1. The van der Waals surface area contributed by atoms with E-state index >= 15 is 0 Å². The molecule has 6 aromatic rings. The lowest BCUT2D eigenvalue weighted by Crippen LogP contribution is -2.16. The average molecular weight is 839 g/mol. The van der Waals surface area contributed by atoms with Crippen LogP contribution in [0.2, 0.25) is 0 Å². The highest BCUT2D eigenvalue weighted by atomic mass is 32.2. The van der Waals surface area contributed by atoms with Crippen LogP contribution in [-0.2, 0) is 42.3 Å². The maximum atomic E-state index is 12.9. The summed E-state index contributed by atoms with van der Waals surface area (Å²) in [5, 5.41) is 39.6. The van der Waals surface area contributed by atoms with Gasteiger partial charge in [0, 0.05) is 11.1 Å². The van der Waals surface area contributed by atoms with Crippen molar-refractivity contribution in [1.82, 2.24) is 29.6 Å². The molecular formula is C33H30N10O11S3. The number of ether oxygens (including phenoxy) is 1. The third kappa shape index (κ3) is 8.22. The summed E-state index contributed by atoms with van der Waals surface area (Å²) in [4.78, 5) is 14.1. The van der Waals surface area contributed by atoms with Gasteiger partial charge in [0.2, 0.25) is 5.65 Å². The zero-order chi connectivity index (χ0) is 41.7. The van der Waals surface area contributed by atoms with Crippen LogP contribution in [0.25, 0.3) is 11.3 Å². The smallest absolute Gasteiger partial charge is 0.337 e. The number of carbonyl (C=O) groups is 1. The normalized spacial score (nSPS) is 12.6. The molecule has 6 rings (SSSR count). The maximum absolute atomic E-state index is 12.9. The summed E-state index contributed by atoms with van der Waals surface area (Å²) in [5.74, 6) is -1.30. The molecule has 0 atom stereocenters. The van der Waals surface area contributed by atoms with Gasteiger partial charge in [0.15, 0.2) is 17.3 Å². The van der Waals surface area contributed by atoms with E-state index in [0.717, 1.165) is 22.9 Å². The van der Waals surface area contributed by atoms with E-state index in [2.05, 4.69) is 35.2 Å². The number of rotatable bonds is 12. The van der Waals surface area contributed by atoms with Crippen molar-refractivity contribution >= 4 is 59.1 Å². The molecule has 0 saturated heterocycles. The Balaban J connectivity index is 1.31. The molecule has 0 amide bonds. The molecule has 3 aromatic carbocycles. The molecule has 0 saturated carbocycles. The molecule has 0 aliphatic heterocycles. The molecule has 5 N–H and O–H groups in total. The molecule has 0 aliphatic rings. The number of H-pyrrole nitrogens is 1. The van der Waals surface area contributed by atoms with Crippen LogP contribution in [0.3, 0.4) is 0 Å². The van der Waals surface area contributed by atoms with Crippen molar-refractivity contribution in [1.29, 1.82) is 5.26 Å². The predicted octanol–water partition coefficient (Wildman–Crippen LogP) is 4.71. The van der Waals surface area contributed by atoms with Gasteiger partial charge in [-0.15, -0.1) is 15.3 Å². The van der Waals surface area contributed by atoms with Crippen LogP contribution in [0.5, 0.6) is 5.75 Å². The van der Waals surface area contributed by atoms with E-state index < -0.39 is 62.0 Å². The number of aromatic nitrogens is 6. The highest BCUT2D eigenvalue weighted by Crippen LogP contribution is 2.37. The summed E-state index contributed by atoms with van der Waals surface area (Å²) in [6.45, 7) is 6.78. The Bertz CT molecular complexity index is 2990. The van der Waals surface area contributed by atoms with E-state index in [1.165, 1.54) is 60.1 Å². The zero-order valence-electron chi connectivity index (χ0n) is 30.0. The second-order valence-electron chi connectivity index (χ2n) is 13.2. The number of hydrogen-bond acceptors (Lipinski definition) is 14. The Morgan fingerprint density at radius 2 is 1.63 bits per heavy atom. The SMILES string of the molecule is Cc1nn(-c2cc(S(=O)(=O)O)ccc2S(=O)(=O)O)c(N=Nc2c(C(C)(C)C)[nH]n3nc(COc4ccc(NS(=O)(=O)c5ccccc5C(=O)O)cc4)nc23)c1C#N. The van der Waals surface area contributed by atoms with Crippen LogP contribution >= 0.6 is 0 Å². The molecular weight excluding hydrogens is 809 g/mol. The first-order valence-corrected chi connectivity index (χ1v) is 20.5. The standard InChI is InChI=1S/C33H30N10O11S3/c1-18-23(16-34)30(42(38-18)24-15-21(56(48,49)50)13-14-26(24)57(51,52)53)37-36-28-29(33(2,3)4)40-43-31(28)35-27(39-43)17-54-20-11-9-19(10-12-20)41-55(46,47)25-8-6-5-7-22(25)32(44)45/h5-15,40-41H,17H2,1-4H3,(H,44,45)(H,48,49,50)(H,51,52,53). The van der Waals surface area contributed by atoms with Crippen LogP contribution in [0.1, 0.15) is 53.9 Å². The van der Waals surface area contributed by atoms with Gasteiger partial charge in [-0.05, 0) is 61.5 Å². The Morgan fingerprint density at radius 1 is 0.947 bits per heavy atom. The second kappa shape index (κ2) is 14.5. The number of aryl methyl sites for hydroxylation is 1. The summed E-state index contributed by atoms with van der Waals surface area (Å²) in [6, 6.07) is 15.1. The van der Waals surface area contributed by atoms with Crippen LogP contribution in [0, 0.1) is 18.3 Å². The summed E-state index contributed by atoms with van der Waals surface area (Å²) in [5.41, 5.74) is -0.805. The number of carboxylic acids is 1. The Labute approximate surface area is 323 Å². The minimum absolute atomic E-state index is 0.0381. The molecule has 24 heteroatoms. The van der Waals surface area contributed by atoms with Gasteiger partial charge in [0.25, 0.3) is 30.3 Å². The van der Waals surface area contributed by atoms with Crippen LogP contribution < -0.4 is 9.46 Å². The number of aromatic amines is 1. The lowest BCUT2D eigenvalue weighted by molar-refractivity contribution is 0.0692. The Hall–Kier alpha value is -6.52. The van der Waals surface area contributed by atoms with Gasteiger partial charge in [0.1, 0.15) is 33.8 Å². The number of nitrogens with one attached hydrogen (secondary N) is 2.